The van der Waals surface area contributed by atoms with E-state index < -0.39 is 0 Å². The van der Waals surface area contributed by atoms with Gasteiger partial charge in [0.25, 0.3) is 0 Å². The van der Waals surface area contributed by atoms with Crippen LogP contribution in [0, 0.1) is 12.8 Å². The topological polar surface area (TPSA) is 36.3 Å². The van der Waals surface area contributed by atoms with Gasteiger partial charge in [0, 0.05) is 12.6 Å². The molecule has 4 heteroatoms. The van der Waals surface area contributed by atoms with E-state index in [-0.39, 0.29) is 0 Å². The first-order valence-electron chi connectivity index (χ1n) is 8.88. The van der Waals surface area contributed by atoms with Crippen LogP contribution in [-0.4, -0.2) is 16.2 Å². The Morgan fingerprint density at radius 2 is 1.72 bits per heavy atom. The number of benzene rings is 2. The fourth-order valence-electron chi connectivity index (χ4n) is 2.87. The average molecular weight is 338 g/mol. The van der Waals surface area contributed by atoms with Crippen LogP contribution in [0.4, 0.5) is 0 Å². The van der Waals surface area contributed by atoms with Crippen LogP contribution in [-0.2, 0) is 13.2 Å². The Labute approximate surface area is 149 Å². The molecule has 0 bridgehead atoms. The van der Waals surface area contributed by atoms with E-state index in [1.54, 1.807) is 0 Å². The predicted octanol–water partition coefficient (Wildman–Crippen LogP) is 4.98. The second kappa shape index (κ2) is 7.60. The van der Waals surface area contributed by atoms with Crippen LogP contribution < -0.4 is 9.47 Å². The third kappa shape index (κ3) is 4.13. The van der Waals surface area contributed by atoms with Crippen molar-refractivity contribution >= 4 is 11.0 Å². The summed E-state index contributed by atoms with van der Waals surface area (Å²) in [4.78, 5) is 4.78. The zero-order chi connectivity index (χ0) is 17.8. The average Bonchev–Trinajstić information content (AvgIpc) is 2.91. The lowest BCUT2D eigenvalue weighted by atomic mass is 10.2. The van der Waals surface area contributed by atoms with Crippen molar-refractivity contribution in [3.05, 3.63) is 53.9 Å². The van der Waals surface area contributed by atoms with E-state index in [1.165, 1.54) is 5.56 Å². The summed E-state index contributed by atoms with van der Waals surface area (Å²) < 4.78 is 13.9. The van der Waals surface area contributed by atoms with E-state index in [2.05, 4.69) is 43.5 Å². The summed E-state index contributed by atoms with van der Waals surface area (Å²) in [7, 11) is 0. The van der Waals surface area contributed by atoms with Gasteiger partial charge < -0.3 is 14.0 Å². The Morgan fingerprint density at radius 1 is 1.00 bits per heavy atom. The molecular formula is C21H26N2O2. The van der Waals surface area contributed by atoms with Gasteiger partial charge in [0.2, 0.25) is 0 Å². The molecule has 0 N–H and O–H groups in total. The first-order valence-corrected chi connectivity index (χ1v) is 8.88. The van der Waals surface area contributed by atoms with Crippen molar-refractivity contribution in [1.29, 1.82) is 0 Å². The number of ether oxygens (including phenoxy) is 2. The molecular weight excluding hydrogens is 312 g/mol. The largest absolute Gasteiger partial charge is 0.494 e. The summed E-state index contributed by atoms with van der Waals surface area (Å²) >= 11 is 0. The summed E-state index contributed by atoms with van der Waals surface area (Å²) in [5.74, 6) is 3.21. The van der Waals surface area contributed by atoms with Crippen LogP contribution in [0.3, 0.4) is 0 Å². The van der Waals surface area contributed by atoms with E-state index >= 15 is 0 Å². The van der Waals surface area contributed by atoms with Crippen molar-refractivity contribution in [3.8, 4) is 11.5 Å². The van der Waals surface area contributed by atoms with Gasteiger partial charge in [-0.1, -0.05) is 31.5 Å². The van der Waals surface area contributed by atoms with Crippen LogP contribution >= 0.6 is 0 Å². The van der Waals surface area contributed by atoms with Crippen molar-refractivity contribution in [2.45, 2.75) is 40.8 Å². The number of aryl methyl sites for hydroxylation is 1. The fraction of sp³-hybridized carbons (Fsp3) is 0.381. The normalized spacial score (nSPS) is 11.2. The summed E-state index contributed by atoms with van der Waals surface area (Å²) in [6.45, 7) is 10.5. The van der Waals surface area contributed by atoms with Crippen LogP contribution in [0.1, 0.15) is 32.2 Å². The standard InChI is InChI=1S/C21H26N2O2/c1-5-24-18-10-11-19-20(12-18)23(13-15(2)3)21(22-19)14-25-17-8-6-16(4)7-9-17/h6-12,15H,5,13-14H2,1-4H3. The van der Waals surface area contributed by atoms with Gasteiger partial charge in [-0.15, -0.1) is 0 Å². The summed E-state index contributed by atoms with van der Waals surface area (Å²) in [6.07, 6.45) is 0. The highest BCUT2D eigenvalue weighted by atomic mass is 16.5. The number of nitrogens with zero attached hydrogens (tertiary/aromatic N) is 2. The lowest BCUT2D eigenvalue weighted by Gasteiger charge is -2.13. The lowest BCUT2D eigenvalue weighted by molar-refractivity contribution is 0.287. The van der Waals surface area contributed by atoms with Gasteiger partial charge in [-0.3, -0.25) is 0 Å². The van der Waals surface area contributed by atoms with Crippen LogP contribution in [0.15, 0.2) is 42.5 Å². The summed E-state index contributed by atoms with van der Waals surface area (Å²) in [6, 6.07) is 14.2. The molecule has 0 fully saturated rings. The highest BCUT2D eigenvalue weighted by molar-refractivity contribution is 5.77. The molecule has 0 aliphatic heterocycles. The van der Waals surface area contributed by atoms with Gasteiger partial charge in [0.1, 0.15) is 23.9 Å². The summed E-state index contributed by atoms with van der Waals surface area (Å²) in [5.41, 5.74) is 3.30. The van der Waals surface area contributed by atoms with Crippen molar-refractivity contribution in [2.24, 2.45) is 5.92 Å². The molecule has 4 nitrogen and oxygen atoms in total. The molecule has 0 spiro atoms. The SMILES string of the molecule is CCOc1ccc2nc(COc3ccc(C)cc3)n(CC(C)C)c2c1. The Balaban J connectivity index is 1.90. The fourth-order valence-corrected chi connectivity index (χ4v) is 2.87. The molecule has 0 unspecified atom stereocenters. The molecule has 0 atom stereocenters. The Bertz CT molecular complexity index is 835. The first kappa shape index (κ1) is 17.3. The van der Waals surface area contributed by atoms with Crippen molar-refractivity contribution in [3.63, 3.8) is 0 Å². The minimum Gasteiger partial charge on any atom is -0.494 e. The molecule has 0 amide bonds. The molecule has 0 saturated heterocycles. The monoisotopic (exact) mass is 338 g/mol. The van der Waals surface area contributed by atoms with Crippen LogP contribution in [0.25, 0.3) is 11.0 Å². The summed E-state index contributed by atoms with van der Waals surface area (Å²) in [5, 5.41) is 0. The van der Waals surface area contributed by atoms with Gasteiger partial charge in [-0.2, -0.15) is 0 Å². The quantitative estimate of drug-likeness (QED) is 0.610. The van der Waals surface area contributed by atoms with Crippen LogP contribution in [0.2, 0.25) is 0 Å². The number of aromatic nitrogens is 2. The zero-order valence-electron chi connectivity index (χ0n) is 15.5. The second-order valence-electron chi connectivity index (χ2n) is 6.72. The van der Waals surface area contributed by atoms with Gasteiger partial charge in [-0.25, -0.2) is 4.98 Å². The maximum atomic E-state index is 5.96. The Morgan fingerprint density at radius 3 is 2.40 bits per heavy atom. The molecule has 132 valence electrons. The molecule has 1 heterocycles. The molecule has 0 saturated carbocycles. The molecule has 0 aliphatic rings. The van der Waals surface area contributed by atoms with E-state index in [4.69, 9.17) is 14.5 Å². The zero-order valence-corrected chi connectivity index (χ0v) is 15.5. The van der Waals surface area contributed by atoms with E-state index in [0.29, 0.717) is 19.1 Å². The Kier molecular flexibility index (Phi) is 5.27. The van der Waals surface area contributed by atoms with Crippen LogP contribution in [0.5, 0.6) is 11.5 Å². The van der Waals surface area contributed by atoms with Gasteiger partial charge >= 0.3 is 0 Å². The third-order valence-electron chi connectivity index (χ3n) is 4.05. The number of rotatable bonds is 7. The van der Waals surface area contributed by atoms with Crippen molar-refractivity contribution in [1.82, 2.24) is 9.55 Å². The van der Waals surface area contributed by atoms with Gasteiger partial charge in [0.15, 0.2) is 0 Å². The van der Waals surface area contributed by atoms with E-state index in [0.717, 1.165) is 34.9 Å². The lowest BCUT2D eigenvalue weighted by Crippen LogP contribution is -2.11. The van der Waals surface area contributed by atoms with Crippen molar-refractivity contribution in [2.75, 3.05) is 6.61 Å². The minimum absolute atomic E-state index is 0.453. The number of imidazole rings is 1. The molecule has 25 heavy (non-hydrogen) atoms. The van der Waals surface area contributed by atoms with Gasteiger partial charge in [0.05, 0.1) is 17.6 Å². The number of fused-ring (bicyclic) bond motifs is 1. The number of hydrogen-bond donors (Lipinski definition) is 0. The molecule has 0 aliphatic carbocycles. The molecule has 2 aromatic carbocycles. The van der Waals surface area contributed by atoms with Gasteiger partial charge in [-0.05, 0) is 44.0 Å². The maximum absolute atomic E-state index is 5.96. The molecule has 3 rings (SSSR count). The molecule has 0 radical (unpaired) electrons. The highest BCUT2D eigenvalue weighted by Gasteiger charge is 2.13. The highest BCUT2D eigenvalue weighted by Crippen LogP contribution is 2.24. The predicted molar refractivity (Wildman–Crippen MR) is 101 cm³/mol. The Hall–Kier alpha value is -2.49. The maximum Gasteiger partial charge on any atom is 0.148 e. The molecule has 1 aromatic heterocycles. The van der Waals surface area contributed by atoms with E-state index in [9.17, 15) is 0 Å². The van der Waals surface area contributed by atoms with E-state index in [1.807, 2.05) is 31.2 Å². The number of hydrogen-bond acceptors (Lipinski definition) is 3. The smallest absolute Gasteiger partial charge is 0.148 e. The molecule has 3 aromatic rings. The second-order valence-corrected chi connectivity index (χ2v) is 6.72. The van der Waals surface area contributed by atoms with Crippen molar-refractivity contribution < 1.29 is 9.47 Å². The minimum atomic E-state index is 0.453. The third-order valence-corrected chi connectivity index (χ3v) is 4.05. The first-order chi connectivity index (χ1) is 12.1.